The number of halogens is 1. The Morgan fingerprint density at radius 3 is 2.48 bits per heavy atom. The second-order valence-corrected chi connectivity index (χ2v) is 8.31. The molecule has 0 saturated heterocycles. The highest BCUT2D eigenvalue weighted by molar-refractivity contribution is 7.90. The fraction of sp³-hybridized carbons (Fsp3) is 0.0667. The van der Waals surface area contributed by atoms with Crippen LogP contribution in [0.15, 0.2) is 47.4 Å². The Hall–Kier alpha value is -1.96. The highest BCUT2D eigenvalue weighted by Crippen LogP contribution is 2.33. The molecule has 8 heteroatoms. The zero-order valence-electron chi connectivity index (χ0n) is 11.9. The third-order valence-electron chi connectivity index (χ3n) is 3.19. The average molecular weight is 367 g/mol. The lowest BCUT2D eigenvalue weighted by atomic mass is 10.3. The number of nitrogens with zero attached hydrogens (tertiary/aromatic N) is 2. The van der Waals surface area contributed by atoms with E-state index in [0.29, 0.717) is 32.5 Å². The molecule has 0 radical (unpaired) electrons. The molecule has 0 atom stereocenters. The first-order chi connectivity index (χ1) is 10.9. The molecule has 0 fully saturated rings. The first-order valence-corrected chi connectivity index (χ1v) is 9.58. The topological polar surface area (TPSA) is 67.3 Å². The molecule has 0 bridgehead atoms. The van der Waals surface area contributed by atoms with E-state index in [4.69, 9.17) is 11.6 Å². The number of hydrogen-bond acceptors (Lipinski definition) is 5. The largest absolute Gasteiger partial charge is 0.278 e. The molecular formula is C15H11ClN2O3S2. The van der Waals surface area contributed by atoms with Crippen molar-refractivity contribution >= 4 is 60.2 Å². The minimum atomic E-state index is -3.29. The van der Waals surface area contributed by atoms with E-state index in [9.17, 15) is 13.2 Å². The van der Waals surface area contributed by atoms with Crippen LogP contribution in [0.3, 0.4) is 0 Å². The van der Waals surface area contributed by atoms with Gasteiger partial charge in [0.25, 0.3) is 0 Å². The Morgan fingerprint density at radius 2 is 1.87 bits per heavy atom. The van der Waals surface area contributed by atoms with Gasteiger partial charge in [0.15, 0.2) is 15.0 Å². The number of sulfone groups is 1. The van der Waals surface area contributed by atoms with Gasteiger partial charge in [-0.15, -0.1) is 0 Å². The fourth-order valence-electron chi connectivity index (χ4n) is 2.04. The van der Waals surface area contributed by atoms with Gasteiger partial charge in [0.2, 0.25) is 6.41 Å². The van der Waals surface area contributed by atoms with E-state index in [-0.39, 0.29) is 4.90 Å². The SMILES string of the molecule is CS(=O)(=O)c1ccc2nc(N(C=O)c3ccc(Cl)cc3)sc2c1. The number of thiazole rings is 1. The lowest BCUT2D eigenvalue weighted by Gasteiger charge is -2.13. The zero-order chi connectivity index (χ0) is 16.6. The lowest BCUT2D eigenvalue weighted by molar-refractivity contribution is -0.106. The van der Waals surface area contributed by atoms with Crippen molar-refractivity contribution in [2.45, 2.75) is 4.90 Å². The van der Waals surface area contributed by atoms with Crippen LogP contribution in [0, 0.1) is 0 Å². The van der Waals surface area contributed by atoms with Gasteiger partial charge in [0.05, 0.1) is 20.8 Å². The van der Waals surface area contributed by atoms with Crippen molar-refractivity contribution in [3.05, 3.63) is 47.5 Å². The summed E-state index contributed by atoms with van der Waals surface area (Å²) in [7, 11) is -3.29. The van der Waals surface area contributed by atoms with Crippen molar-refractivity contribution in [1.82, 2.24) is 4.98 Å². The zero-order valence-corrected chi connectivity index (χ0v) is 14.3. The van der Waals surface area contributed by atoms with Gasteiger partial charge in [-0.3, -0.25) is 9.69 Å². The molecule has 3 rings (SSSR count). The molecule has 1 aromatic heterocycles. The summed E-state index contributed by atoms with van der Waals surface area (Å²) in [6.45, 7) is 0. The number of carbonyl (C=O) groups is 1. The van der Waals surface area contributed by atoms with E-state index in [0.717, 1.165) is 6.26 Å². The summed E-state index contributed by atoms with van der Waals surface area (Å²) in [5.74, 6) is 0. The Labute approximate surface area is 142 Å². The second kappa shape index (κ2) is 5.92. The van der Waals surface area contributed by atoms with Crippen LogP contribution in [0.2, 0.25) is 5.02 Å². The van der Waals surface area contributed by atoms with Crippen LogP contribution in [0.4, 0.5) is 10.8 Å². The van der Waals surface area contributed by atoms with E-state index in [1.807, 2.05) is 0 Å². The molecule has 0 aliphatic heterocycles. The number of fused-ring (bicyclic) bond motifs is 1. The molecule has 1 amide bonds. The number of carbonyl (C=O) groups excluding carboxylic acids is 1. The van der Waals surface area contributed by atoms with Gasteiger partial charge in [-0.05, 0) is 42.5 Å². The number of aromatic nitrogens is 1. The molecular weight excluding hydrogens is 356 g/mol. The van der Waals surface area contributed by atoms with E-state index in [1.54, 1.807) is 36.4 Å². The minimum absolute atomic E-state index is 0.226. The van der Waals surface area contributed by atoms with E-state index in [1.165, 1.54) is 22.3 Å². The molecule has 3 aromatic rings. The highest BCUT2D eigenvalue weighted by atomic mass is 35.5. The van der Waals surface area contributed by atoms with Crippen LogP contribution in [0.1, 0.15) is 0 Å². The van der Waals surface area contributed by atoms with Gasteiger partial charge in [-0.2, -0.15) is 0 Å². The molecule has 0 aliphatic carbocycles. The first-order valence-electron chi connectivity index (χ1n) is 6.49. The third kappa shape index (κ3) is 3.21. The summed E-state index contributed by atoms with van der Waals surface area (Å²) >= 11 is 7.10. The maximum atomic E-state index is 11.6. The predicted molar refractivity (Wildman–Crippen MR) is 92.4 cm³/mol. The molecule has 0 aliphatic rings. The molecule has 0 unspecified atom stereocenters. The molecule has 0 N–H and O–H groups in total. The van der Waals surface area contributed by atoms with Gasteiger partial charge in [-0.25, -0.2) is 13.4 Å². The van der Waals surface area contributed by atoms with Gasteiger partial charge < -0.3 is 0 Å². The maximum Gasteiger partial charge on any atom is 0.220 e. The Balaban J connectivity index is 2.08. The first kappa shape index (κ1) is 15.9. The summed E-state index contributed by atoms with van der Waals surface area (Å²) in [4.78, 5) is 17.5. The van der Waals surface area contributed by atoms with E-state index in [2.05, 4.69) is 4.98 Å². The van der Waals surface area contributed by atoms with Gasteiger partial charge in [0, 0.05) is 11.3 Å². The van der Waals surface area contributed by atoms with Crippen LogP contribution in [0.5, 0.6) is 0 Å². The van der Waals surface area contributed by atoms with E-state index >= 15 is 0 Å². The molecule has 0 saturated carbocycles. The van der Waals surface area contributed by atoms with Gasteiger partial charge >= 0.3 is 0 Å². The van der Waals surface area contributed by atoms with Gasteiger partial charge in [-0.1, -0.05) is 22.9 Å². The number of amides is 1. The summed E-state index contributed by atoms with van der Waals surface area (Å²) in [6.07, 6.45) is 1.82. The summed E-state index contributed by atoms with van der Waals surface area (Å²) < 4.78 is 24.0. The predicted octanol–water partition coefficient (Wildman–Crippen LogP) is 3.65. The number of hydrogen-bond donors (Lipinski definition) is 0. The number of rotatable bonds is 4. The van der Waals surface area contributed by atoms with Crippen molar-refractivity contribution in [2.24, 2.45) is 0 Å². The van der Waals surface area contributed by atoms with Gasteiger partial charge in [0.1, 0.15) is 0 Å². The maximum absolute atomic E-state index is 11.6. The van der Waals surface area contributed by atoms with Crippen molar-refractivity contribution in [3.63, 3.8) is 0 Å². The number of anilines is 2. The highest BCUT2D eigenvalue weighted by Gasteiger charge is 2.15. The van der Waals surface area contributed by atoms with Crippen LogP contribution in [0.25, 0.3) is 10.2 Å². The van der Waals surface area contributed by atoms with E-state index < -0.39 is 9.84 Å². The van der Waals surface area contributed by atoms with Crippen LogP contribution < -0.4 is 4.90 Å². The average Bonchev–Trinajstić information content (AvgIpc) is 2.91. The normalized spacial score (nSPS) is 11.6. The standard InChI is InChI=1S/C15H11ClN2O3S2/c1-23(20,21)12-6-7-13-14(8-12)22-15(17-13)18(9-19)11-4-2-10(16)3-5-11/h2-9H,1H3. The molecule has 23 heavy (non-hydrogen) atoms. The Morgan fingerprint density at radius 1 is 1.17 bits per heavy atom. The summed E-state index contributed by atoms with van der Waals surface area (Å²) in [6, 6.07) is 11.5. The molecule has 2 aromatic carbocycles. The summed E-state index contributed by atoms with van der Waals surface area (Å²) in [5, 5.41) is 1.03. The molecule has 0 spiro atoms. The monoisotopic (exact) mass is 366 g/mol. The third-order valence-corrected chi connectivity index (χ3v) is 5.57. The second-order valence-electron chi connectivity index (χ2n) is 4.85. The fourth-order valence-corrected chi connectivity index (χ4v) is 3.88. The van der Waals surface area contributed by atoms with Crippen LogP contribution in [-0.4, -0.2) is 26.1 Å². The van der Waals surface area contributed by atoms with Crippen molar-refractivity contribution in [2.75, 3.05) is 11.2 Å². The molecule has 5 nitrogen and oxygen atoms in total. The quantitative estimate of drug-likeness (QED) is 0.661. The van der Waals surface area contributed by atoms with Crippen LogP contribution >= 0.6 is 22.9 Å². The Kier molecular flexibility index (Phi) is 4.09. The Bertz CT molecular complexity index is 982. The molecule has 118 valence electrons. The van der Waals surface area contributed by atoms with Crippen molar-refractivity contribution < 1.29 is 13.2 Å². The smallest absolute Gasteiger partial charge is 0.220 e. The lowest BCUT2D eigenvalue weighted by Crippen LogP contribution is -2.13. The van der Waals surface area contributed by atoms with Crippen LogP contribution in [-0.2, 0) is 14.6 Å². The van der Waals surface area contributed by atoms with Crippen molar-refractivity contribution in [1.29, 1.82) is 0 Å². The number of benzene rings is 2. The van der Waals surface area contributed by atoms with Crippen molar-refractivity contribution in [3.8, 4) is 0 Å². The molecule has 1 heterocycles. The minimum Gasteiger partial charge on any atom is -0.278 e. The summed E-state index contributed by atoms with van der Waals surface area (Å²) in [5.41, 5.74) is 1.27.